The summed E-state index contributed by atoms with van der Waals surface area (Å²) in [6.07, 6.45) is 3.31. The summed E-state index contributed by atoms with van der Waals surface area (Å²) in [5.41, 5.74) is 1.44. The van der Waals surface area contributed by atoms with Gasteiger partial charge in [-0.1, -0.05) is 54.1 Å². The molecule has 0 bridgehead atoms. The van der Waals surface area contributed by atoms with E-state index < -0.39 is 6.04 Å². The number of ether oxygens (including phenoxy) is 1. The molecule has 4 rings (SSSR count). The number of carbonyl (C=O) groups excluding carboxylic acids is 2. The van der Waals surface area contributed by atoms with Gasteiger partial charge < -0.3 is 19.8 Å². The molecule has 3 aromatic rings. The van der Waals surface area contributed by atoms with Crippen LogP contribution in [0.15, 0.2) is 59.0 Å². The molecule has 0 unspecified atom stereocenters. The van der Waals surface area contributed by atoms with Gasteiger partial charge in [-0.25, -0.2) is 4.79 Å². The number of urea groups is 1. The van der Waals surface area contributed by atoms with Crippen molar-refractivity contribution in [3.05, 3.63) is 71.1 Å². The molecule has 0 aliphatic heterocycles. The molecule has 1 saturated carbocycles. The van der Waals surface area contributed by atoms with E-state index in [1.807, 2.05) is 49.4 Å². The quantitative estimate of drug-likeness (QED) is 0.418. The number of hydrogen-bond acceptors (Lipinski definition) is 6. The SMILES string of the molecule is CCOC(=O)C1CCC(CNC(=O)N[C@H](c2ccccc2)c2nnc(-c3ccccc3Cl)o2)CC1. The molecule has 184 valence electrons. The highest BCUT2D eigenvalue weighted by molar-refractivity contribution is 6.33. The lowest BCUT2D eigenvalue weighted by atomic mass is 9.82. The predicted molar refractivity (Wildman–Crippen MR) is 132 cm³/mol. The molecule has 1 heterocycles. The molecule has 8 nitrogen and oxygen atoms in total. The molecule has 1 fully saturated rings. The minimum absolute atomic E-state index is 0.0349. The smallest absolute Gasteiger partial charge is 0.315 e. The highest BCUT2D eigenvalue weighted by atomic mass is 35.5. The van der Waals surface area contributed by atoms with Gasteiger partial charge in [0.05, 0.1) is 23.1 Å². The van der Waals surface area contributed by atoms with Crippen LogP contribution in [0, 0.1) is 11.8 Å². The van der Waals surface area contributed by atoms with Crippen molar-refractivity contribution in [3.63, 3.8) is 0 Å². The molecule has 9 heteroatoms. The van der Waals surface area contributed by atoms with Gasteiger partial charge in [-0.2, -0.15) is 0 Å². The zero-order valence-corrected chi connectivity index (χ0v) is 20.3. The van der Waals surface area contributed by atoms with Crippen molar-refractivity contribution in [3.8, 4) is 11.5 Å². The van der Waals surface area contributed by atoms with Gasteiger partial charge in [-0.3, -0.25) is 4.79 Å². The Morgan fingerprint density at radius 1 is 1.06 bits per heavy atom. The van der Waals surface area contributed by atoms with Crippen LogP contribution in [0.3, 0.4) is 0 Å². The third-order valence-electron chi connectivity index (χ3n) is 6.22. The lowest BCUT2D eigenvalue weighted by Gasteiger charge is -2.27. The number of esters is 1. The molecule has 1 aliphatic rings. The van der Waals surface area contributed by atoms with Crippen LogP contribution in [0.25, 0.3) is 11.5 Å². The number of benzene rings is 2. The minimum Gasteiger partial charge on any atom is -0.466 e. The van der Waals surface area contributed by atoms with Gasteiger partial charge in [0, 0.05) is 6.54 Å². The van der Waals surface area contributed by atoms with Crippen LogP contribution >= 0.6 is 11.6 Å². The fraction of sp³-hybridized carbons (Fsp3) is 0.385. The van der Waals surface area contributed by atoms with E-state index >= 15 is 0 Å². The standard InChI is InChI=1S/C26H29ClN4O4/c1-2-34-25(32)19-14-12-17(13-15-19)16-28-26(33)29-22(18-8-4-3-5-9-18)24-31-30-23(35-24)20-10-6-7-11-21(20)27/h3-11,17,19,22H,2,12-16H2,1H3,(H2,28,29,33)/t17?,19?,22-/m1/s1. The molecule has 1 atom stereocenters. The van der Waals surface area contributed by atoms with E-state index in [9.17, 15) is 9.59 Å². The van der Waals surface area contributed by atoms with E-state index in [-0.39, 0.29) is 29.7 Å². The van der Waals surface area contributed by atoms with E-state index in [1.165, 1.54) is 0 Å². The Hall–Kier alpha value is -3.39. The third kappa shape index (κ3) is 6.39. The average molecular weight is 497 g/mol. The van der Waals surface area contributed by atoms with Crippen molar-refractivity contribution in [2.24, 2.45) is 11.8 Å². The Balaban J connectivity index is 1.39. The first-order chi connectivity index (χ1) is 17.0. The first-order valence-electron chi connectivity index (χ1n) is 11.9. The molecule has 35 heavy (non-hydrogen) atoms. The molecule has 0 radical (unpaired) electrons. The average Bonchev–Trinajstić information content (AvgIpc) is 3.37. The summed E-state index contributed by atoms with van der Waals surface area (Å²) in [4.78, 5) is 24.8. The van der Waals surface area contributed by atoms with Crippen LogP contribution in [-0.2, 0) is 9.53 Å². The monoisotopic (exact) mass is 496 g/mol. The summed E-state index contributed by atoms with van der Waals surface area (Å²) < 4.78 is 11.1. The van der Waals surface area contributed by atoms with Crippen molar-refractivity contribution < 1.29 is 18.7 Å². The van der Waals surface area contributed by atoms with Crippen molar-refractivity contribution in [1.82, 2.24) is 20.8 Å². The highest BCUT2D eigenvalue weighted by Gasteiger charge is 2.28. The molecule has 2 amide bonds. The highest BCUT2D eigenvalue weighted by Crippen LogP contribution is 2.30. The molecule has 2 N–H and O–H groups in total. The number of carbonyl (C=O) groups is 2. The number of nitrogens with zero attached hydrogens (tertiary/aromatic N) is 2. The Morgan fingerprint density at radius 3 is 2.49 bits per heavy atom. The maximum absolute atomic E-state index is 12.8. The summed E-state index contributed by atoms with van der Waals surface area (Å²) in [6, 6.07) is 15.7. The minimum atomic E-state index is -0.625. The molecular formula is C26H29ClN4O4. The number of hydrogen-bond donors (Lipinski definition) is 2. The van der Waals surface area contributed by atoms with Crippen molar-refractivity contribution in [1.29, 1.82) is 0 Å². The first kappa shape index (κ1) is 24.7. The van der Waals surface area contributed by atoms with Crippen LogP contribution in [0.4, 0.5) is 4.79 Å². The fourth-order valence-corrected chi connectivity index (χ4v) is 4.53. The summed E-state index contributed by atoms with van der Waals surface area (Å²) in [6.45, 7) is 2.75. The van der Waals surface area contributed by atoms with Crippen molar-refractivity contribution >= 4 is 23.6 Å². The molecule has 0 saturated heterocycles. The van der Waals surface area contributed by atoms with E-state index in [2.05, 4.69) is 20.8 Å². The predicted octanol–water partition coefficient (Wildman–Crippen LogP) is 5.15. The Kier molecular flexibility index (Phi) is 8.36. The van der Waals surface area contributed by atoms with Crippen LogP contribution in [0.1, 0.15) is 50.1 Å². The van der Waals surface area contributed by atoms with Crippen LogP contribution in [0.2, 0.25) is 5.02 Å². The Labute approximate surface area is 209 Å². The second-order valence-corrected chi connectivity index (χ2v) is 9.00. The number of amides is 2. The lowest BCUT2D eigenvalue weighted by Crippen LogP contribution is -2.41. The normalized spacial score (nSPS) is 18.5. The van der Waals surface area contributed by atoms with Gasteiger partial charge in [0.1, 0.15) is 6.04 Å². The van der Waals surface area contributed by atoms with Gasteiger partial charge in [-0.15, -0.1) is 10.2 Å². The lowest BCUT2D eigenvalue weighted by molar-refractivity contribution is -0.149. The molecule has 2 aromatic carbocycles. The van der Waals surface area contributed by atoms with E-state index in [0.29, 0.717) is 29.7 Å². The van der Waals surface area contributed by atoms with Crippen LogP contribution in [-0.4, -0.2) is 35.3 Å². The second kappa shape index (κ2) is 11.8. The van der Waals surface area contributed by atoms with Crippen molar-refractivity contribution in [2.45, 2.75) is 38.6 Å². The topological polar surface area (TPSA) is 106 Å². The van der Waals surface area contributed by atoms with Gasteiger partial charge >= 0.3 is 12.0 Å². The first-order valence-corrected chi connectivity index (χ1v) is 12.3. The zero-order chi connectivity index (χ0) is 24.6. The zero-order valence-electron chi connectivity index (χ0n) is 19.6. The van der Waals surface area contributed by atoms with E-state index in [0.717, 1.165) is 31.2 Å². The summed E-state index contributed by atoms with van der Waals surface area (Å²) >= 11 is 6.27. The molecule has 1 aromatic heterocycles. The van der Waals surface area contributed by atoms with Crippen LogP contribution in [0.5, 0.6) is 0 Å². The fourth-order valence-electron chi connectivity index (χ4n) is 4.31. The number of rotatable bonds is 8. The van der Waals surface area contributed by atoms with Gasteiger partial charge in [0.15, 0.2) is 0 Å². The van der Waals surface area contributed by atoms with Crippen molar-refractivity contribution in [2.75, 3.05) is 13.2 Å². The van der Waals surface area contributed by atoms with Gasteiger partial charge in [-0.05, 0) is 56.2 Å². The van der Waals surface area contributed by atoms with E-state index in [4.69, 9.17) is 20.8 Å². The van der Waals surface area contributed by atoms with E-state index in [1.54, 1.807) is 12.1 Å². The second-order valence-electron chi connectivity index (χ2n) is 8.59. The van der Waals surface area contributed by atoms with Gasteiger partial charge in [0.2, 0.25) is 11.8 Å². The third-order valence-corrected chi connectivity index (χ3v) is 6.55. The molecule has 0 spiro atoms. The maximum Gasteiger partial charge on any atom is 0.315 e. The summed E-state index contributed by atoms with van der Waals surface area (Å²) in [7, 11) is 0. The largest absolute Gasteiger partial charge is 0.466 e. The molecule has 1 aliphatic carbocycles. The number of halogens is 1. The number of aromatic nitrogens is 2. The van der Waals surface area contributed by atoms with Gasteiger partial charge in [0.25, 0.3) is 0 Å². The summed E-state index contributed by atoms with van der Waals surface area (Å²) in [5, 5.41) is 14.8. The van der Waals surface area contributed by atoms with Crippen LogP contribution < -0.4 is 10.6 Å². The summed E-state index contributed by atoms with van der Waals surface area (Å²) in [5.74, 6) is 0.713. The maximum atomic E-state index is 12.8. The Morgan fingerprint density at radius 2 is 1.77 bits per heavy atom. The molecular weight excluding hydrogens is 468 g/mol. The Bertz CT molecular complexity index is 1130. The number of nitrogens with one attached hydrogen (secondary N) is 2.